The maximum atomic E-state index is 12.6. The number of nitrogens with one attached hydrogen (secondary N) is 1. The van der Waals surface area contributed by atoms with Crippen LogP contribution in [0.15, 0.2) is 36.5 Å². The molecule has 1 amide bonds. The molecule has 5 N–H and O–H groups in total. The zero-order valence-corrected chi connectivity index (χ0v) is 40.7. The van der Waals surface area contributed by atoms with Crippen molar-refractivity contribution < 1.29 is 25.2 Å². The molecule has 0 aromatic heterocycles. The Bertz CT molecular complexity index is 966. The molecule has 0 aliphatic rings. The molecule has 4 unspecified atom stereocenters. The van der Waals surface area contributed by atoms with Gasteiger partial charge in [-0.25, -0.2) is 0 Å². The quantitative estimate of drug-likeness (QED) is 0.0238. The average Bonchev–Trinajstić information content (AvgIpc) is 3.26. The second-order valence-corrected chi connectivity index (χ2v) is 18.6. The second kappa shape index (κ2) is 49.5. The molecular weight excluding hydrogens is 755 g/mol. The van der Waals surface area contributed by atoms with Gasteiger partial charge in [0.25, 0.3) is 0 Å². The summed E-state index contributed by atoms with van der Waals surface area (Å²) in [5.74, 6) is -0.596. The van der Waals surface area contributed by atoms with E-state index in [1.165, 1.54) is 205 Å². The monoisotopic (exact) mass is 860 g/mol. The van der Waals surface area contributed by atoms with Crippen molar-refractivity contribution in [2.75, 3.05) is 6.61 Å². The van der Waals surface area contributed by atoms with Crippen molar-refractivity contribution in [3.05, 3.63) is 36.5 Å². The van der Waals surface area contributed by atoms with Crippen LogP contribution in [-0.2, 0) is 4.79 Å². The lowest BCUT2D eigenvalue weighted by Gasteiger charge is -2.27. The van der Waals surface area contributed by atoms with Gasteiger partial charge in [-0.1, -0.05) is 249 Å². The topological polar surface area (TPSA) is 110 Å². The van der Waals surface area contributed by atoms with E-state index in [1.807, 2.05) is 0 Å². The third kappa shape index (κ3) is 43.6. The van der Waals surface area contributed by atoms with Crippen LogP contribution < -0.4 is 5.32 Å². The van der Waals surface area contributed by atoms with Crippen molar-refractivity contribution >= 4 is 5.91 Å². The minimum atomic E-state index is -1.28. The van der Waals surface area contributed by atoms with Crippen molar-refractivity contribution in [2.24, 2.45) is 0 Å². The van der Waals surface area contributed by atoms with Crippen LogP contribution in [0.4, 0.5) is 0 Å². The van der Waals surface area contributed by atoms with Gasteiger partial charge >= 0.3 is 0 Å². The number of rotatable bonds is 49. The van der Waals surface area contributed by atoms with Crippen LogP contribution in [0.1, 0.15) is 277 Å². The lowest BCUT2D eigenvalue weighted by molar-refractivity contribution is -0.132. The zero-order valence-electron chi connectivity index (χ0n) is 40.7. The number of hydrogen-bond donors (Lipinski definition) is 5. The first-order valence-corrected chi connectivity index (χ1v) is 26.9. The van der Waals surface area contributed by atoms with Crippen LogP contribution in [0.2, 0.25) is 0 Å². The molecule has 0 saturated carbocycles. The predicted molar refractivity (Wildman–Crippen MR) is 265 cm³/mol. The summed E-state index contributed by atoms with van der Waals surface area (Å²) in [6.07, 6.45) is 60.6. The van der Waals surface area contributed by atoms with Gasteiger partial charge in [-0.15, -0.1) is 0 Å². The van der Waals surface area contributed by atoms with Gasteiger partial charge < -0.3 is 25.7 Å². The summed E-state index contributed by atoms with van der Waals surface area (Å²) >= 11 is 0. The second-order valence-electron chi connectivity index (χ2n) is 18.6. The highest BCUT2D eigenvalue weighted by Gasteiger charge is 2.28. The molecule has 61 heavy (non-hydrogen) atoms. The van der Waals surface area contributed by atoms with E-state index in [1.54, 1.807) is 0 Å². The smallest absolute Gasteiger partial charge is 0.249 e. The molecule has 0 aliphatic heterocycles. The number of unbranched alkanes of at least 4 members (excludes halogenated alkanes) is 35. The maximum Gasteiger partial charge on any atom is 0.249 e. The van der Waals surface area contributed by atoms with Gasteiger partial charge in [0.05, 0.1) is 18.8 Å². The number of amides is 1. The van der Waals surface area contributed by atoms with E-state index in [2.05, 4.69) is 55.6 Å². The lowest BCUT2D eigenvalue weighted by atomic mass is 10.00. The predicted octanol–water partition coefficient (Wildman–Crippen LogP) is 15.2. The minimum Gasteiger partial charge on any atom is -0.394 e. The molecule has 0 fully saturated rings. The largest absolute Gasteiger partial charge is 0.394 e. The number of aliphatic hydroxyl groups is 4. The van der Waals surface area contributed by atoms with Gasteiger partial charge in [-0.2, -0.15) is 0 Å². The van der Waals surface area contributed by atoms with Crippen LogP contribution in [0.3, 0.4) is 0 Å². The first kappa shape index (κ1) is 59.5. The minimum absolute atomic E-state index is 0.357. The third-order valence-corrected chi connectivity index (χ3v) is 12.6. The van der Waals surface area contributed by atoms with E-state index in [-0.39, 0.29) is 0 Å². The molecule has 6 nitrogen and oxygen atoms in total. The van der Waals surface area contributed by atoms with Crippen LogP contribution in [0, 0.1) is 0 Å². The van der Waals surface area contributed by atoms with E-state index in [0.717, 1.165) is 44.9 Å². The van der Waals surface area contributed by atoms with E-state index in [0.29, 0.717) is 12.8 Å². The van der Waals surface area contributed by atoms with E-state index >= 15 is 0 Å². The molecule has 0 saturated heterocycles. The van der Waals surface area contributed by atoms with E-state index in [9.17, 15) is 25.2 Å². The van der Waals surface area contributed by atoms with Crippen LogP contribution >= 0.6 is 0 Å². The number of allylic oxidation sites excluding steroid dienone is 6. The summed E-state index contributed by atoms with van der Waals surface area (Å²) in [5, 5.41) is 43.9. The Kier molecular flexibility index (Phi) is 48.3. The van der Waals surface area contributed by atoms with Crippen molar-refractivity contribution in [3.63, 3.8) is 0 Å². The fourth-order valence-electron chi connectivity index (χ4n) is 8.34. The van der Waals surface area contributed by atoms with E-state index in [4.69, 9.17) is 0 Å². The van der Waals surface area contributed by atoms with Gasteiger partial charge in [0, 0.05) is 0 Å². The first-order chi connectivity index (χ1) is 30.0. The molecule has 0 rings (SSSR count). The molecule has 0 aromatic rings. The molecule has 0 spiro atoms. The van der Waals surface area contributed by atoms with Crippen LogP contribution in [0.25, 0.3) is 0 Å². The normalized spacial score (nSPS) is 14.1. The van der Waals surface area contributed by atoms with Crippen molar-refractivity contribution in [1.29, 1.82) is 0 Å². The highest BCUT2D eigenvalue weighted by molar-refractivity contribution is 5.80. The maximum absolute atomic E-state index is 12.6. The number of hydrogen-bond acceptors (Lipinski definition) is 5. The van der Waals surface area contributed by atoms with Crippen LogP contribution in [-0.4, -0.2) is 57.3 Å². The summed E-state index contributed by atoms with van der Waals surface area (Å²) in [4.78, 5) is 12.6. The van der Waals surface area contributed by atoms with Crippen molar-refractivity contribution in [2.45, 2.75) is 301 Å². The molecule has 0 radical (unpaired) electrons. The van der Waals surface area contributed by atoms with Gasteiger partial charge in [-0.05, 0) is 64.2 Å². The molecule has 0 bridgehead atoms. The third-order valence-electron chi connectivity index (χ3n) is 12.6. The summed E-state index contributed by atoms with van der Waals surface area (Å²) in [6.45, 7) is 4.03. The highest BCUT2D eigenvalue weighted by Crippen LogP contribution is 2.17. The highest BCUT2D eigenvalue weighted by atomic mass is 16.3. The summed E-state index contributed by atoms with van der Waals surface area (Å²) in [7, 11) is 0. The molecule has 0 aliphatic carbocycles. The Hall–Kier alpha value is -1.47. The standard InChI is InChI=1S/C55H105NO5/c1-3-5-7-9-11-13-15-17-19-21-23-24-25-26-27-28-29-30-31-33-34-36-38-40-42-44-46-48-52(58)54(60)51(50-57)56-55(61)53(59)49-47-45-43-41-39-37-35-32-22-20-18-16-14-12-10-8-6-4-2/h12,14,16,18,40,42,51-54,57-60H,3-11,13,15,17,19-39,41,43-50H2,1-2H3,(H,56,61)/b14-12-,18-16-,42-40+. The Morgan fingerprint density at radius 3 is 1.11 bits per heavy atom. The summed E-state index contributed by atoms with van der Waals surface area (Å²) in [5.41, 5.74) is 0. The van der Waals surface area contributed by atoms with Crippen LogP contribution in [0.5, 0.6) is 0 Å². The molecule has 0 heterocycles. The number of carbonyl (C=O) groups is 1. The van der Waals surface area contributed by atoms with Gasteiger partial charge in [0.1, 0.15) is 12.2 Å². The SMILES string of the molecule is CCCCC/C=C\C=C/CCCCCCCCCCCC(O)C(=O)NC(CO)C(O)C(O)CCC/C=C/CCCCCCCCCCCCCCCCCCCCCCCC. The van der Waals surface area contributed by atoms with Crippen molar-refractivity contribution in [1.82, 2.24) is 5.32 Å². The Balaban J connectivity index is 3.66. The zero-order chi connectivity index (χ0) is 44.5. The Morgan fingerprint density at radius 1 is 0.410 bits per heavy atom. The Labute approximate surface area is 379 Å². The molecule has 4 atom stereocenters. The van der Waals surface area contributed by atoms with Gasteiger partial charge in [-0.3, -0.25) is 4.79 Å². The Morgan fingerprint density at radius 2 is 0.721 bits per heavy atom. The number of aliphatic hydroxyl groups excluding tert-OH is 4. The fourth-order valence-corrected chi connectivity index (χ4v) is 8.34. The average molecular weight is 860 g/mol. The van der Waals surface area contributed by atoms with Gasteiger partial charge in [0.15, 0.2) is 0 Å². The first-order valence-electron chi connectivity index (χ1n) is 26.9. The van der Waals surface area contributed by atoms with E-state index < -0.39 is 36.9 Å². The fraction of sp³-hybridized carbons (Fsp3) is 0.873. The number of carbonyl (C=O) groups excluding carboxylic acids is 1. The molecule has 0 aromatic carbocycles. The summed E-state index contributed by atoms with van der Waals surface area (Å²) < 4.78 is 0. The van der Waals surface area contributed by atoms with Crippen molar-refractivity contribution in [3.8, 4) is 0 Å². The lowest BCUT2D eigenvalue weighted by Crippen LogP contribution is -2.53. The van der Waals surface area contributed by atoms with Gasteiger partial charge in [0.2, 0.25) is 5.91 Å². The molecule has 360 valence electrons. The molecule has 6 heteroatoms. The summed E-state index contributed by atoms with van der Waals surface area (Å²) in [6, 6.07) is -1.00. The molecular formula is C55H105NO5.